The zero-order valence-electron chi connectivity index (χ0n) is 16.2. The minimum absolute atomic E-state index is 0.227. The average molecular weight is 380 g/mol. The van der Waals surface area contributed by atoms with E-state index in [0.717, 1.165) is 69.5 Å². The zero-order chi connectivity index (χ0) is 19.1. The van der Waals surface area contributed by atoms with E-state index in [0.29, 0.717) is 11.7 Å². The van der Waals surface area contributed by atoms with Crippen LogP contribution in [0.5, 0.6) is 0 Å². The number of hydrogen-bond donors (Lipinski definition) is 2. The summed E-state index contributed by atoms with van der Waals surface area (Å²) in [5, 5.41) is 0. The van der Waals surface area contributed by atoms with Crippen molar-refractivity contribution in [3.05, 3.63) is 41.6 Å². The fourth-order valence-electron chi connectivity index (χ4n) is 5.09. The molecule has 4 heterocycles. The Hall–Kier alpha value is -2.41. The lowest BCUT2D eigenvalue weighted by molar-refractivity contribution is -0.149. The second-order valence-corrected chi connectivity index (χ2v) is 8.45. The topological polar surface area (TPSA) is 91.1 Å². The highest BCUT2D eigenvalue weighted by molar-refractivity contribution is 5.81. The third-order valence-corrected chi connectivity index (χ3v) is 6.98. The number of rotatable bonds is 3. The van der Waals surface area contributed by atoms with Gasteiger partial charge in [-0.15, -0.1) is 0 Å². The molecule has 1 spiro atoms. The number of H-pyrrole nitrogens is 1. The summed E-state index contributed by atoms with van der Waals surface area (Å²) in [5.74, 6) is 1.19. The Morgan fingerprint density at radius 2 is 2.07 bits per heavy atom. The Kier molecular flexibility index (Phi) is 4.34. The summed E-state index contributed by atoms with van der Waals surface area (Å²) in [6.07, 6.45) is 9.53. The van der Waals surface area contributed by atoms with Gasteiger partial charge >= 0.3 is 0 Å². The quantitative estimate of drug-likeness (QED) is 0.851. The fraction of sp³-hybridized carbons (Fsp3) is 0.571. The number of piperidine rings is 1. The maximum absolute atomic E-state index is 13.3. The molecule has 7 nitrogen and oxygen atoms in total. The van der Waals surface area contributed by atoms with Gasteiger partial charge in [-0.25, -0.2) is 9.97 Å². The summed E-state index contributed by atoms with van der Waals surface area (Å²) < 4.78 is 0. The van der Waals surface area contributed by atoms with E-state index in [9.17, 15) is 4.79 Å². The maximum Gasteiger partial charge on any atom is 0.226 e. The molecule has 3 N–H and O–H groups in total. The van der Waals surface area contributed by atoms with Crippen molar-refractivity contribution in [1.29, 1.82) is 0 Å². The molecule has 0 unspecified atom stereocenters. The van der Waals surface area contributed by atoms with E-state index in [4.69, 9.17) is 10.7 Å². The molecule has 2 aromatic heterocycles. The van der Waals surface area contributed by atoms with Gasteiger partial charge in [-0.3, -0.25) is 9.69 Å². The summed E-state index contributed by atoms with van der Waals surface area (Å²) in [4.78, 5) is 30.1. The van der Waals surface area contributed by atoms with Crippen molar-refractivity contribution in [1.82, 2.24) is 24.8 Å². The van der Waals surface area contributed by atoms with E-state index in [1.807, 2.05) is 12.1 Å². The van der Waals surface area contributed by atoms with Gasteiger partial charge in [-0.2, -0.15) is 0 Å². The number of likely N-dealkylation sites (tertiary alicyclic amines) is 1. The van der Waals surface area contributed by atoms with Crippen LogP contribution in [0.3, 0.4) is 0 Å². The summed E-state index contributed by atoms with van der Waals surface area (Å²) in [6.45, 7) is 3.46. The molecule has 1 saturated carbocycles. The van der Waals surface area contributed by atoms with Crippen LogP contribution in [0.2, 0.25) is 0 Å². The number of carbonyl (C=O) groups is 1. The minimum Gasteiger partial charge on any atom is -0.383 e. The molecule has 5 rings (SSSR count). The molecule has 148 valence electrons. The predicted octanol–water partition coefficient (Wildman–Crippen LogP) is 2.06. The number of pyridine rings is 1. The van der Waals surface area contributed by atoms with Crippen LogP contribution in [-0.4, -0.2) is 50.3 Å². The number of aromatic amines is 1. The van der Waals surface area contributed by atoms with Gasteiger partial charge in [0.1, 0.15) is 5.82 Å². The molecule has 28 heavy (non-hydrogen) atoms. The molecule has 7 heteroatoms. The molecule has 1 amide bonds. The molecular weight excluding hydrogens is 352 g/mol. The molecule has 0 atom stereocenters. The number of anilines is 1. The summed E-state index contributed by atoms with van der Waals surface area (Å²) >= 11 is 0. The first-order valence-electron chi connectivity index (χ1n) is 10.4. The van der Waals surface area contributed by atoms with Crippen LogP contribution in [0, 0.1) is 5.92 Å². The Bertz CT molecular complexity index is 865. The molecule has 0 bridgehead atoms. The van der Waals surface area contributed by atoms with Gasteiger partial charge in [0.25, 0.3) is 0 Å². The van der Waals surface area contributed by atoms with E-state index < -0.39 is 0 Å². The Morgan fingerprint density at radius 1 is 1.25 bits per heavy atom. The van der Waals surface area contributed by atoms with Gasteiger partial charge in [0.15, 0.2) is 0 Å². The van der Waals surface area contributed by atoms with Crippen LogP contribution < -0.4 is 5.73 Å². The number of nitrogens with zero attached hydrogens (tertiary/aromatic N) is 4. The number of aromatic nitrogens is 3. The van der Waals surface area contributed by atoms with Crippen LogP contribution in [0.4, 0.5) is 5.82 Å². The van der Waals surface area contributed by atoms with Crippen LogP contribution in [0.1, 0.15) is 49.1 Å². The lowest BCUT2D eigenvalue weighted by Crippen LogP contribution is -2.59. The van der Waals surface area contributed by atoms with Crippen molar-refractivity contribution in [3.8, 4) is 0 Å². The van der Waals surface area contributed by atoms with Crippen LogP contribution >= 0.6 is 0 Å². The first-order chi connectivity index (χ1) is 13.7. The molecule has 2 aliphatic heterocycles. The van der Waals surface area contributed by atoms with Crippen molar-refractivity contribution >= 4 is 11.7 Å². The maximum atomic E-state index is 13.3. The number of carbonyl (C=O) groups excluding carboxylic acids is 1. The Morgan fingerprint density at radius 3 is 2.79 bits per heavy atom. The van der Waals surface area contributed by atoms with E-state index >= 15 is 0 Å². The van der Waals surface area contributed by atoms with Crippen molar-refractivity contribution in [2.75, 3.05) is 25.4 Å². The van der Waals surface area contributed by atoms with Crippen molar-refractivity contribution in [2.45, 2.75) is 50.6 Å². The fourth-order valence-corrected chi connectivity index (χ4v) is 5.09. The number of fused-ring (bicyclic) bond motifs is 2. The number of amides is 1. The molecule has 0 aromatic carbocycles. The molecule has 1 aliphatic carbocycles. The van der Waals surface area contributed by atoms with E-state index in [2.05, 4.69) is 19.8 Å². The highest BCUT2D eigenvalue weighted by Gasteiger charge is 2.50. The number of nitrogens with two attached hydrogens (primary N) is 1. The highest BCUT2D eigenvalue weighted by Crippen LogP contribution is 2.44. The molecule has 1 saturated heterocycles. The average Bonchev–Trinajstić information content (AvgIpc) is 3.14. The van der Waals surface area contributed by atoms with E-state index in [1.54, 1.807) is 12.5 Å². The first kappa shape index (κ1) is 17.7. The number of nitrogens with one attached hydrogen (secondary N) is 1. The predicted molar refractivity (Wildman–Crippen MR) is 106 cm³/mol. The number of hydrogen-bond acceptors (Lipinski definition) is 5. The molecule has 0 radical (unpaired) electrons. The monoisotopic (exact) mass is 380 g/mol. The highest BCUT2D eigenvalue weighted by atomic mass is 16.2. The molecule has 2 fully saturated rings. The van der Waals surface area contributed by atoms with Gasteiger partial charge in [0.05, 0.1) is 17.6 Å². The van der Waals surface area contributed by atoms with Crippen LogP contribution in [0.25, 0.3) is 0 Å². The Balaban J connectivity index is 1.38. The standard InChI is InChI=1S/C21H28N6O/c22-19-16(5-2-9-23-19)13-26-11-7-21(8-12-26)18-17(24-14-25-18)6-10-27(21)20(28)15-3-1-4-15/h2,5,9,14-15H,1,3-4,6-8,10-13H2,(H2,22,23)(H,24,25). The smallest absolute Gasteiger partial charge is 0.226 e. The third-order valence-electron chi connectivity index (χ3n) is 6.98. The van der Waals surface area contributed by atoms with Crippen molar-refractivity contribution in [3.63, 3.8) is 0 Å². The van der Waals surface area contributed by atoms with Gasteiger partial charge in [0, 0.05) is 56.0 Å². The van der Waals surface area contributed by atoms with Crippen molar-refractivity contribution < 1.29 is 4.79 Å². The van der Waals surface area contributed by atoms with Gasteiger partial charge in [0.2, 0.25) is 5.91 Å². The van der Waals surface area contributed by atoms with Gasteiger partial charge < -0.3 is 15.6 Å². The second-order valence-electron chi connectivity index (χ2n) is 8.45. The SMILES string of the molecule is Nc1ncccc1CN1CCC2(CC1)c1nc[nH]c1CCN2C(=O)C1CCC1. The van der Waals surface area contributed by atoms with Gasteiger partial charge in [-0.1, -0.05) is 12.5 Å². The van der Waals surface area contributed by atoms with E-state index in [-0.39, 0.29) is 11.5 Å². The largest absolute Gasteiger partial charge is 0.383 e. The Labute approximate surface area is 165 Å². The second kappa shape index (κ2) is 6.88. The lowest BCUT2D eigenvalue weighted by atomic mass is 9.76. The number of imidazole rings is 1. The number of nitrogen functional groups attached to an aromatic ring is 1. The zero-order valence-corrected chi connectivity index (χ0v) is 16.2. The van der Waals surface area contributed by atoms with Gasteiger partial charge in [-0.05, 0) is 31.7 Å². The van der Waals surface area contributed by atoms with Crippen LogP contribution in [0.15, 0.2) is 24.7 Å². The lowest BCUT2D eigenvalue weighted by Gasteiger charge is -2.52. The van der Waals surface area contributed by atoms with Crippen LogP contribution in [-0.2, 0) is 23.3 Å². The normalized spacial score (nSPS) is 22.1. The summed E-state index contributed by atoms with van der Waals surface area (Å²) in [5.41, 5.74) is 9.17. The summed E-state index contributed by atoms with van der Waals surface area (Å²) in [7, 11) is 0. The minimum atomic E-state index is -0.253. The third kappa shape index (κ3) is 2.80. The molecular formula is C21H28N6O. The first-order valence-corrected chi connectivity index (χ1v) is 10.4. The molecule has 3 aliphatic rings. The van der Waals surface area contributed by atoms with Crippen molar-refractivity contribution in [2.24, 2.45) is 5.92 Å². The summed E-state index contributed by atoms with van der Waals surface area (Å²) in [6, 6.07) is 3.98. The van der Waals surface area contributed by atoms with E-state index in [1.165, 1.54) is 12.1 Å². The molecule has 2 aromatic rings.